The van der Waals surface area contributed by atoms with E-state index in [1.807, 2.05) is 12.1 Å². The van der Waals surface area contributed by atoms with Crippen LogP contribution in [0.3, 0.4) is 0 Å². The monoisotopic (exact) mass is 419 g/mol. The lowest BCUT2D eigenvalue weighted by molar-refractivity contribution is -0.114. The third-order valence-electron chi connectivity index (χ3n) is 3.61. The van der Waals surface area contributed by atoms with Crippen molar-refractivity contribution in [1.82, 2.24) is 4.98 Å². The van der Waals surface area contributed by atoms with E-state index in [0.29, 0.717) is 37.0 Å². The molecule has 3 aromatic rings. The quantitative estimate of drug-likeness (QED) is 0.574. The lowest BCUT2D eigenvalue weighted by Gasteiger charge is -2.09. The number of amides is 2. The van der Waals surface area contributed by atoms with Crippen LogP contribution in [0.5, 0.6) is 0 Å². The Balaban J connectivity index is 1.82. The molecule has 0 atom stereocenters. The molecular weight excluding hydrogens is 405 g/mol. The number of aromatic nitrogens is 1. The summed E-state index contributed by atoms with van der Waals surface area (Å²) in [7, 11) is 0. The van der Waals surface area contributed by atoms with Crippen molar-refractivity contribution in [2.24, 2.45) is 0 Å². The number of hydrogen-bond acceptors (Lipinski definition) is 4. The Labute approximate surface area is 170 Å². The topological polar surface area (TPSA) is 71.1 Å². The molecule has 3 rings (SSSR count). The Kier molecular flexibility index (Phi) is 5.79. The summed E-state index contributed by atoms with van der Waals surface area (Å²) in [6.07, 6.45) is 0. The second kappa shape index (κ2) is 8.08. The molecule has 1 aromatic heterocycles. The Morgan fingerprint density at radius 2 is 1.85 bits per heavy atom. The Morgan fingerprint density at radius 1 is 1.07 bits per heavy atom. The molecule has 0 saturated heterocycles. The van der Waals surface area contributed by atoms with Crippen molar-refractivity contribution in [2.75, 3.05) is 10.6 Å². The molecule has 0 aliphatic heterocycles. The van der Waals surface area contributed by atoms with Crippen LogP contribution in [-0.4, -0.2) is 16.8 Å². The maximum absolute atomic E-state index is 12.7. The summed E-state index contributed by atoms with van der Waals surface area (Å²) in [5.74, 6) is -0.496. The van der Waals surface area contributed by atoms with Gasteiger partial charge in [0.05, 0.1) is 16.4 Å². The average molecular weight is 420 g/mol. The fourth-order valence-electron chi connectivity index (χ4n) is 2.43. The molecule has 2 aromatic carbocycles. The fraction of sp³-hybridized carbons (Fsp3) is 0.105. The number of nitrogens with zero attached hydrogens (tertiary/aromatic N) is 1. The second-order valence-electron chi connectivity index (χ2n) is 5.77. The molecule has 5 nitrogen and oxygen atoms in total. The van der Waals surface area contributed by atoms with Gasteiger partial charge < -0.3 is 10.6 Å². The number of nitrogens with one attached hydrogen (secondary N) is 2. The molecule has 0 fully saturated rings. The van der Waals surface area contributed by atoms with E-state index in [1.54, 1.807) is 37.3 Å². The van der Waals surface area contributed by atoms with Gasteiger partial charge in [0.2, 0.25) is 5.91 Å². The zero-order valence-electron chi connectivity index (χ0n) is 14.5. The SMILES string of the molecule is CC(=O)Nc1ccc(NC(=O)c2sc(-c3cccc(Cl)c3)nc2C)c(Cl)c1. The summed E-state index contributed by atoms with van der Waals surface area (Å²) >= 11 is 13.5. The summed E-state index contributed by atoms with van der Waals surface area (Å²) in [4.78, 5) is 28.7. The highest BCUT2D eigenvalue weighted by Crippen LogP contribution is 2.31. The van der Waals surface area contributed by atoms with Gasteiger partial charge in [0.15, 0.2) is 0 Å². The minimum atomic E-state index is -0.299. The maximum Gasteiger partial charge on any atom is 0.267 e. The normalized spacial score (nSPS) is 10.5. The first-order valence-electron chi connectivity index (χ1n) is 7.95. The highest BCUT2D eigenvalue weighted by atomic mass is 35.5. The second-order valence-corrected chi connectivity index (χ2v) is 7.62. The smallest absolute Gasteiger partial charge is 0.267 e. The van der Waals surface area contributed by atoms with E-state index in [-0.39, 0.29) is 11.8 Å². The lowest BCUT2D eigenvalue weighted by Crippen LogP contribution is -2.12. The number of carbonyl (C=O) groups excluding carboxylic acids is 2. The Bertz CT molecular complexity index is 1030. The summed E-state index contributed by atoms with van der Waals surface area (Å²) < 4.78 is 0. The molecule has 0 unspecified atom stereocenters. The molecule has 2 amide bonds. The van der Waals surface area contributed by atoms with Crippen molar-refractivity contribution >= 4 is 57.7 Å². The molecule has 0 spiro atoms. The molecule has 0 radical (unpaired) electrons. The van der Waals surface area contributed by atoms with E-state index in [9.17, 15) is 9.59 Å². The van der Waals surface area contributed by atoms with Gasteiger partial charge in [0.1, 0.15) is 9.88 Å². The first-order valence-corrected chi connectivity index (χ1v) is 9.52. The van der Waals surface area contributed by atoms with Gasteiger partial charge in [-0.2, -0.15) is 0 Å². The first-order chi connectivity index (χ1) is 12.8. The number of rotatable bonds is 4. The van der Waals surface area contributed by atoms with E-state index in [2.05, 4.69) is 15.6 Å². The number of hydrogen-bond donors (Lipinski definition) is 2. The van der Waals surface area contributed by atoms with Crippen LogP contribution in [0.1, 0.15) is 22.3 Å². The van der Waals surface area contributed by atoms with E-state index < -0.39 is 0 Å². The van der Waals surface area contributed by atoms with Crippen molar-refractivity contribution < 1.29 is 9.59 Å². The lowest BCUT2D eigenvalue weighted by atomic mass is 10.2. The largest absolute Gasteiger partial charge is 0.326 e. The predicted octanol–water partition coefficient (Wildman–Crippen LogP) is 5.64. The van der Waals surface area contributed by atoms with Gasteiger partial charge in [0.25, 0.3) is 5.91 Å². The van der Waals surface area contributed by atoms with Crippen LogP contribution in [0.15, 0.2) is 42.5 Å². The van der Waals surface area contributed by atoms with Gasteiger partial charge in [0, 0.05) is 23.2 Å². The Morgan fingerprint density at radius 3 is 2.52 bits per heavy atom. The molecule has 1 heterocycles. The van der Waals surface area contributed by atoms with Gasteiger partial charge in [-0.3, -0.25) is 9.59 Å². The molecule has 0 aliphatic carbocycles. The number of aryl methyl sites for hydroxylation is 1. The van der Waals surface area contributed by atoms with Crippen molar-refractivity contribution in [3.8, 4) is 10.6 Å². The molecular formula is C19H15Cl2N3O2S. The predicted molar refractivity (Wildman–Crippen MR) is 111 cm³/mol. The van der Waals surface area contributed by atoms with Crippen molar-refractivity contribution in [3.63, 3.8) is 0 Å². The van der Waals surface area contributed by atoms with Crippen molar-refractivity contribution in [3.05, 3.63) is 63.1 Å². The summed E-state index contributed by atoms with van der Waals surface area (Å²) in [6.45, 7) is 3.19. The van der Waals surface area contributed by atoms with E-state index in [1.165, 1.54) is 18.3 Å². The molecule has 2 N–H and O–H groups in total. The van der Waals surface area contributed by atoms with Gasteiger partial charge in [-0.15, -0.1) is 11.3 Å². The molecule has 0 bridgehead atoms. The minimum Gasteiger partial charge on any atom is -0.326 e. The summed E-state index contributed by atoms with van der Waals surface area (Å²) in [5.41, 5.74) is 2.49. The van der Waals surface area contributed by atoms with Crippen LogP contribution in [0.2, 0.25) is 10.0 Å². The zero-order chi connectivity index (χ0) is 19.6. The summed E-state index contributed by atoms with van der Waals surface area (Å²) in [5, 5.41) is 7.07. The number of benzene rings is 2. The van der Waals surface area contributed by atoms with Crippen molar-refractivity contribution in [1.29, 1.82) is 0 Å². The number of carbonyl (C=O) groups is 2. The van der Waals surface area contributed by atoms with Gasteiger partial charge in [-0.05, 0) is 37.3 Å². The van der Waals surface area contributed by atoms with Gasteiger partial charge in [-0.1, -0.05) is 35.3 Å². The third kappa shape index (κ3) is 4.66. The molecule has 138 valence electrons. The zero-order valence-corrected chi connectivity index (χ0v) is 16.8. The van der Waals surface area contributed by atoms with Crippen LogP contribution in [0.25, 0.3) is 10.6 Å². The first kappa shape index (κ1) is 19.4. The van der Waals surface area contributed by atoms with Gasteiger partial charge in [-0.25, -0.2) is 4.98 Å². The average Bonchev–Trinajstić information content (AvgIpc) is 2.99. The number of halogens is 2. The van der Waals surface area contributed by atoms with Crippen LogP contribution in [0.4, 0.5) is 11.4 Å². The van der Waals surface area contributed by atoms with E-state index in [4.69, 9.17) is 23.2 Å². The van der Waals surface area contributed by atoms with Crippen LogP contribution >= 0.6 is 34.5 Å². The Hall–Kier alpha value is -2.41. The van der Waals surface area contributed by atoms with Gasteiger partial charge >= 0.3 is 0 Å². The number of thiazole rings is 1. The molecule has 8 heteroatoms. The summed E-state index contributed by atoms with van der Waals surface area (Å²) in [6, 6.07) is 12.2. The third-order valence-corrected chi connectivity index (χ3v) is 5.37. The van der Waals surface area contributed by atoms with E-state index >= 15 is 0 Å². The highest BCUT2D eigenvalue weighted by Gasteiger charge is 2.17. The van der Waals surface area contributed by atoms with Crippen molar-refractivity contribution in [2.45, 2.75) is 13.8 Å². The molecule has 0 aliphatic rings. The molecule has 0 saturated carbocycles. The van der Waals surface area contributed by atoms with E-state index in [0.717, 1.165) is 5.56 Å². The van der Waals surface area contributed by atoms with Crippen LogP contribution < -0.4 is 10.6 Å². The highest BCUT2D eigenvalue weighted by molar-refractivity contribution is 7.17. The van der Waals surface area contributed by atoms with Crippen LogP contribution in [0, 0.1) is 6.92 Å². The number of anilines is 2. The fourth-order valence-corrected chi connectivity index (χ4v) is 3.80. The minimum absolute atomic E-state index is 0.198. The molecule has 27 heavy (non-hydrogen) atoms. The maximum atomic E-state index is 12.7. The van der Waals surface area contributed by atoms with Crippen LogP contribution in [-0.2, 0) is 4.79 Å². The standard InChI is InChI=1S/C19H15Cl2N3O2S/c1-10-17(27-19(22-10)12-4-3-5-13(20)8-12)18(26)24-16-7-6-14(9-15(16)21)23-11(2)25/h3-9H,1-2H3,(H,23,25)(H,24,26).